The van der Waals surface area contributed by atoms with E-state index >= 15 is 0 Å². The molecule has 9 rings (SSSR count). The summed E-state index contributed by atoms with van der Waals surface area (Å²) in [6, 6.07) is 8.44. The maximum absolute atomic E-state index is 13.7. The first kappa shape index (κ1) is 54.3. The van der Waals surface area contributed by atoms with E-state index in [1.807, 2.05) is 6.08 Å². The van der Waals surface area contributed by atoms with Gasteiger partial charge in [0.05, 0.1) is 65.9 Å². The van der Waals surface area contributed by atoms with Crippen molar-refractivity contribution in [3.8, 4) is 0 Å². The van der Waals surface area contributed by atoms with Crippen LogP contribution in [0.25, 0.3) is 0 Å². The monoisotopic (exact) mass is 1020 g/mol. The number of benzene rings is 1. The van der Waals surface area contributed by atoms with Gasteiger partial charge in [0, 0.05) is 38.7 Å². The van der Waals surface area contributed by atoms with Gasteiger partial charge in [0.2, 0.25) is 0 Å². The number of rotatable bonds is 12. The van der Waals surface area contributed by atoms with Gasteiger partial charge in [-0.25, -0.2) is 4.79 Å². The van der Waals surface area contributed by atoms with Crippen molar-refractivity contribution in [1.82, 2.24) is 0 Å². The molecule has 0 amide bonds. The van der Waals surface area contributed by atoms with E-state index < -0.39 is 150 Å². The van der Waals surface area contributed by atoms with Gasteiger partial charge >= 0.3 is 5.97 Å². The summed E-state index contributed by atoms with van der Waals surface area (Å²) in [5.74, 6) is -1.82. The van der Waals surface area contributed by atoms with E-state index in [-0.39, 0.29) is 63.0 Å². The van der Waals surface area contributed by atoms with Gasteiger partial charge in [-0.1, -0.05) is 36.8 Å². The molecule has 8 aliphatic rings. The molecule has 0 radical (unpaired) electrons. The van der Waals surface area contributed by atoms with Crippen molar-refractivity contribution in [1.29, 1.82) is 0 Å². The van der Waals surface area contributed by atoms with E-state index in [2.05, 4.69) is 6.92 Å². The maximum atomic E-state index is 13.7. The minimum absolute atomic E-state index is 0.0294. The molecule has 0 bridgehead atoms. The number of fused-ring (bicyclic) bond motifs is 5. The summed E-state index contributed by atoms with van der Waals surface area (Å²) in [4.78, 5) is 26.9. The van der Waals surface area contributed by atoms with Gasteiger partial charge in [0.25, 0.3) is 0 Å². The van der Waals surface area contributed by atoms with Crippen LogP contribution in [0.1, 0.15) is 129 Å². The summed E-state index contributed by atoms with van der Waals surface area (Å²) in [5, 5.41) is 82.2. The lowest BCUT2D eigenvalue weighted by atomic mass is 9.42. The molecule has 7 N–H and O–H groups in total. The van der Waals surface area contributed by atoms with E-state index in [4.69, 9.17) is 47.4 Å². The van der Waals surface area contributed by atoms with Gasteiger partial charge in [-0.2, -0.15) is 0 Å². The SMILES string of the molecule is COC1CC(OC2C(O)CC(OC3C(O)CC(OC4C(O)CC(OC5CCC6(C)C(=CCC7(O)C6CC(OC(=O)c6ccccc6)C6(C)C(O)(C(C)=O)CCC76O)C5)OC4C)OC3C)OC2C)OC(C)C1O. The number of ketones is 1. The molecule has 404 valence electrons. The van der Waals surface area contributed by atoms with Gasteiger partial charge < -0.3 is 83.1 Å². The molecule has 0 aromatic heterocycles. The predicted octanol–water partition coefficient (Wildman–Crippen LogP) is 2.87. The van der Waals surface area contributed by atoms with Gasteiger partial charge in [-0.3, -0.25) is 4.79 Å². The van der Waals surface area contributed by atoms with Crippen molar-refractivity contribution in [3.63, 3.8) is 0 Å². The molecule has 24 unspecified atom stereocenters. The molecule has 24 atom stereocenters. The van der Waals surface area contributed by atoms with Crippen LogP contribution in [-0.4, -0.2) is 182 Å². The van der Waals surface area contributed by atoms with Crippen LogP contribution in [0.5, 0.6) is 0 Å². The Morgan fingerprint density at radius 2 is 1.18 bits per heavy atom. The predicted molar refractivity (Wildman–Crippen MR) is 251 cm³/mol. The number of aliphatic hydroxyl groups is 7. The highest BCUT2D eigenvalue weighted by atomic mass is 16.8. The van der Waals surface area contributed by atoms with Crippen LogP contribution in [0.4, 0.5) is 0 Å². The standard InChI is InChI=1S/C53H78O19/c1-26-44(58)37(63-8)24-43(64-26)72-47-29(4)67-42(23-36(47)57)71-46-28(3)66-41(22-35(46)56)70-45-27(2)65-40(21-34(45)55)68-33-15-16-49(6)32(20-33)14-17-52(61)38(49)25-39(69-48(59)31-12-10-9-11-13-31)50(7)51(60,30(5)54)18-19-53(50,52)62/h9-14,26-29,33-47,55-58,60-62H,15-25H2,1-8H3. The number of carbonyl (C=O) groups is 2. The molecular weight excluding hydrogens is 941 g/mol. The maximum Gasteiger partial charge on any atom is 0.338 e. The van der Waals surface area contributed by atoms with E-state index in [1.54, 1.807) is 65.0 Å². The highest BCUT2D eigenvalue weighted by Gasteiger charge is 2.81. The zero-order valence-corrected chi connectivity index (χ0v) is 42.7. The van der Waals surface area contributed by atoms with E-state index in [1.165, 1.54) is 14.0 Å². The molecule has 72 heavy (non-hydrogen) atoms. The summed E-state index contributed by atoms with van der Waals surface area (Å²) in [6.45, 7) is 11.9. The van der Waals surface area contributed by atoms with Crippen molar-refractivity contribution in [2.45, 2.75) is 247 Å². The number of hydrogen-bond donors (Lipinski definition) is 7. The molecular formula is C53H78O19. The third-order valence-corrected chi connectivity index (χ3v) is 18.5. The summed E-state index contributed by atoms with van der Waals surface area (Å²) >= 11 is 0. The molecule has 1 aromatic carbocycles. The Bertz CT molecular complexity index is 2090. The Balaban J connectivity index is 0.787. The van der Waals surface area contributed by atoms with Crippen LogP contribution >= 0.6 is 0 Å². The lowest BCUT2D eigenvalue weighted by Gasteiger charge is -2.67. The largest absolute Gasteiger partial charge is 0.458 e. The normalized spacial score (nSPS) is 50.5. The molecule has 4 heterocycles. The first-order chi connectivity index (χ1) is 34.0. The van der Waals surface area contributed by atoms with Crippen molar-refractivity contribution in [2.24, 2.45) is 16.7 Å². The van der Waals surface area contributed by atoms with Crippen molar-refractivity contribution >= 4 is 11.8 Å². The van der Waals surface area contributed by atoms with E-state index in [0.717, 1.165) is 5.57 Å². The lowest BCUT2D eigenvalue weighted by Crippen LogP contribution is -2.78. The highest BCUT2D eigenvalue weighted by molar-refractivity contribution is 5.90. The number of esters is 1. The van der Waals surface area contributed by atoms with Gasteiger partial charge in [-0.15, -0.1) is 0 Å². The van der Waals surface area contributed by atoms with Gasteiger partial charge in [0.1, 0.15) is 47.3 Å². The molecule has 4 saturated heterocycles. The van der Waals surface area contributed by atoms with Crippen LogP contribution in [0, 0.1) is 16.7 Å². The number of aliphatic hydroxyl groups excluding tert-OH is 4. The summed E-state index contributed by atoms with van der Waals surface area (Å²) < 4.78 is 61.3. The molecule has 7 fully saturated rings. The number of carbonyl (C=O) groups excluding carboxylic acids is 2. The highest BCUT2D eigenvalue weighted by Crippen LogP contribution is 2.71. The third kappa shape index (κ3) is 9.25. The van der Waals surface area contributed by atoms with Gasteiger partial charge in [-0.05, 0) is 104 Å². The summed E-state index contributed by atoms with van der Waals surface area (Å²) in [6.07, 6.45) is -9.78. The van der Waals surface area contributed by atoms with Crippen LogP contribution in [0.15, 0.2) is 42.0 Å². The van der Waals surface area contributed by atoms with Crippen LogP contribution in [-0.2, 0) is 52.2 Å². The third-order valence-electron chi connectivity index (χ3n) is 18.5. The Morgan fingerprint density at radius 3 is 1.69 bits per heavy atom. The molecule has 3 saturated carbocycles. The fourth-order valence-corrected chi connectivity index (χ4v) is 14.2. The average molecular weight is 1020 g/mol. The van der Waals surface area contributed by atoms with Crippen molar-refractivity contribution < 1.29 is 92.7 Å². The van der Waals surface area contributed by atoms with E-state index in [9.17, 15) is 45.3 Å². The second-order valence-electron chi connectivity index (χ2n) is 22.6. The van der Waals surface area contributed by atoms with Crippen LogP contribution < -0.4 is 0 Å². The van der Waals surface area contributed by atoms with Crippen LogP contribution in [0.2, 0.25) is 0 Å². The summed E-state index contributed by atoms with van der Waals surface area (Å²) in [7, 11) is 1.51. The number of ether oxygens (including phenoxy) is 10. The first-order valence-electron chi connectivity index (χ1n) is 26.1. The molecule has 4 aliphatic carbocycles. The smallest absolute Gasteiger partial charge is 0.338 e. The zero-order valence-electron chi connectivity index (χ0n) is 42.7. The first-order valence-corrected chi connectivity index (χ1v) is 26.1. The Morgan fingerprint density at radius 1 is 0.667 bits per heavy atom. The van der Waals surface area contributed by atoms with Crippen molar-refractivity contribution in [3.05, 3.63) is 47.5 Å². The average Bonchev–Trinajstić information content (AvgIpc) is 3.56. The number of hydrogen-bond acceptors (Lipinski definition) is 19. The lowest BCUT2D eigenvalue weighted by molar-refractivity contribution is -0.344. The number of methoxy groups -OCH3 is 1. The van der Waals surface area contributed by atoms with E-state index in [0.29, 0.717) is 19.3 Å². The fraction of sp³-hybridized carbons (Fsp3) is 0.811. The van der Waals surface area contributed by atoms with Gasteiger partial charge in [0.15, 0.2) is 30.9 Å². The summed E-state index contributed by atoms with van der Waals surface area (Å²) in [5.41, 5.74) is -6.88. The quantitative estimate of drug-likeness (QED) is 0.117. The zero-order chi connectivity index (χ0) is 51.9. The fourth-order valence-electron chi connectivity index (χ4n) is 14.2. The number of Topliss-reactive ketones (excluding diaryl/α,β-unsaturated/α-hetero) is 1. The molecule has 19 heteroatoms. The second-order valence-corrected chi connectivity index (χ2v) is 22.6. The Hall–Kier alpha value is -2.54. The minimum Gasteiger partial charge on any atom is -0.458 e. The molecule has 4 aliphatic heterocycles. The Kier molecular flexibility index (Phi) is 15.4. The molecule has 19 nitrogen and oxygen atoms in total. The topological polar surface area (TPSA) is 268 Å². The molecule has 1 aromatic rings. The Labute approximate surface area is 421 Å². The van der Waals surface area contributed by atoms with Crippen LogP contribution in [0.3, 0.4) is 0 Å². The minimum atomic E-state index is -2.06. The second kappa shape index (κ2) is 20.4. The van der Waals surface area contributed by atoms with Crippen molar-refractivity contribution in [2.75, 3.05) is 7.11 Å². The molecule has 0 spiro atoms.